The molecule has 1 atom stereocenters. The number of nitrogens with one attached hydrogen (secondary N) is 1. The SMILES string of the molecule is C=CC(=O)N1CCC(CNC(c2ccc(-n3cccn3)cc2)c2nnnn2C2CC2)CC1. The van der Waals surface area contributed by atoms with E-state index in [2.05, 4.69) is 56.8 Å². The summed E-state index contributed by atoms with van der Waals surface area (Å²) in [6, 6.07) is 10.6. The molecule has 1 saturated heterocycles. The van der Waals surface area contributed by atoms with Gasteiger partial charge in [0.1, 0.15) is 0 Å². The molecule has 0 radical (unpaired) electrons. The van der Waals surface area contributed by atoms with Gasteiger partial charge in [0.05, 0.1) is 17.8 Å². The molecule has 9 heteroatoms. The maximum atomic E-state index is 11.9. The molecule has 9 nitrogen and oxygen atoms in total. The molecule has 1 saturated carbocycles. The van der Waals surface area contributed by atoms with Crippen LogP contribution >= 0.6 is 0 Å². The Morgan fingerprint density at radius 3 is 2.62 bits per heavy atom. The van der Waals surface area contributed by atoms with E-state index in [0.29, 0.717) is 12.0 Å². The van der Waals surface area contributed by atoms with Crippen LogP contribution in [0.5, 0.6) is 0 Å². The van der Waals surface area contributed by atoms with Gasteiger partial charge >= 0.3 is 0 Å². The molecular weight excluding hydrogens is 404 g/mol. The number of hydrogen-bond donors (Lipinski definition) is 1. The van der Waals surface area contributed by atoms with Gasteiger partial charge in [0.2, 0.25) is 5.91 Å². The summed E-state index contributed by atoms with van der Waals surface area (Å²) in [4.78, 5) is 13.7. The molecule has 1 aromatic carbocycles. The Balaban J connectivity index is 1.32. The molecule has 5 rings (SSSR count). The van der Waals surface area contributed by atoms with Crippen molar-refractivity contribution in [1.29, 1.82) is 0 Å². The van der Waals surface area contributed by atoms with Crippen LogP contribution in [-0.4, -0.2) is 60.4 Å². The third-order valence-electron chi connectivity index (χ3n) is 6.38. The zero-order valence-electron chi connectivity index (χ0n) is 18.0. The molecular formula is C23H28N8O. The lowest BCUT2D eigenvalue weighted by Gasteiger charge is -2.32. The number of benzene rings is 1. The highest BCUT2D eigenvalue weighted by molar-refractivity contribution is 5.87. The first-order valence-electron chi connectivity index (χ1n) is 11.3. The fourth-order valence-corrected chi connectivity index (χ4v) is 4.34. The van der Waals surface area contributed by atoms with E-state index < -0.39 is 0 Å². The van der Waals surface area contributed by atoms with Gasteiger partial charge in [-0.3, -0.25) is 4.79 Å². The van der Waals surface area contributed by atoms with Crippen LogP contribution in [0.15, 0.2) is 55.4 Å². The van der Waals surface area contributed by atoms with Crippen molar-refractivity contribution in [2.75, 3.05) is 19.6 Å². The summed E-state index contributed by atoms with van der Waals surface area (Å²) in [5.41, 5.74) is 2.13. The van der Waals surface area contributed by atoms with Crippen LogP contribution in [0.3, 0.4) is 0 Å². The average Bonchev–Trinajstić information content (AvgIpc) is 3.32. The van der Waals surface area contributed by atoms with Gasteiger partial charge in [-0.1, -0.05) is 18.7 Å². The number of hydrogen-bond acceptors (Lipinski definition) is 6. The Kier molecular flexibility index (Phi) is 5.81. The van der Waals surface area contributed by atoms with Gasteiger partial charge in [-0.15, -0.1) is 5.10 Å². The molecule has 1 N–H and O–H groups in total. The van der Waals surface area contributed by atoms with Gasteiger partial charge in [-0.2, -0.15) is 5.10 Å². The predicted octanol–water partition coefficient (Wildman–Crippen LogP) is 2.30. The number of tetrazole rings is 1. The summed E-state index contributed by atoms with van der Waals surface area (Å²) in [6.07, 6.45) is 9.31. The van der Waals surface area contributed by atoms with Crippen LogP contribution in [0.25, 0.3) is 5.69 Å². The lowest BCUT2D eigenvalue weighted by atomic mass is 9.95. The highest BCUT2D eigenvalue weighted by Crippen LogP contribution is 2.36. The first-order valence-corrected chi connectivity index (χ1v) is 11.3. The van der Waals surface area contributed by atoms with Gasteiger partial charge in [0.15, 0.2) is 5.82 Å². The van der Waals surface area contributed by atoms with Crippen molar-refractivity contribution in [2.24, 2.45) is 5.92 Å². The monoisotopic (exact) mass is 432 g/mol. The number of rotatable bonds is 8. The van der Waals surface area contributed by atoms with Crippen LogP contribution in [0.2, 0.25) is 0 Å². The fraction of sp³-hybridized carbons (Fsp3) is 0.435. The first kappa shape index (κ1) is 20.6. The van der Waals surface area contributed by atoms with Crippen LogP contribution in [0.1, 0.15) is 49.2 Å². The van der Waals surface area contributed by atoms with Crippen molar-refractivity contribution in [3.8, 4) is 5.69 Å². The van der Waals surface area contributed by atoms with Gasteiger partial charge in [-0.05, 0) is 78.4 Å². The van der Waals surface area contributed by atoms with Crippen LogP contribution in [-0.2, 0) is 4.79 Å². The number of carbonyl (C=O) groups is 1. The van der Waals surface area contributed by atoms with E-state index in [0.717, 1.165) is 62.4 Å². The highest BCUT2D eigenvalue weighted by atomic mass is 16.2. The number of piperidine rings is 1. The number of aromatic nitrogens is 6. The van der Waals surface area contributed by atoms with E-state index in [1.807, 2.05) is 26.5 Å². The van der Waals surface area contributed by atoms with Crippen molar-refractivity contribution in [3.05, 3.63) is 66.8 Å². The number of amides is 1. The minimum absolute atomic E-state index is 0.0233. The molecule has 1 unspecified atom stereocenters. The molecule has 2 aliphatic rings. The summed E-state index contributed by atoms with van der Waals surface area (Å²) in [5, 5.41) is 20.7. The third-order valence-corrected chi connectivity index (χ3v) is 6.38. The highest BCUT2D eigenvalue weighted by Gasteiger charge is 2.32. The molecule has 1 aliphatic carbocycles. The van der Waals surface area contributed by atoms with Crippen molar-refractivity contribution >= 4 is 5.91 Å². The zero-order valence-corrected chi connectivity index (χ0v) is 18.0. The average molecular weight is 433 g/mol. The lowest BCUT2D eigenvalue weighted by Crippen LogP contribution is -2.40. The summed E-state index contributed by atoms with van der Waals surface area (Å²) < 4.78 is 3.82. The predicted molar refractivity (Wildman–Crippen MR) is 119 cm³/mol. The molecule has 166 valence electrons. The normalized spacial score (nSPS) is 17.9. The molecule has 2 fully saturated rings. The van der Waals surface area contributed by atoms with Crippen LogP contribution in [0.4, 0.5) is 0 Å². The Morgan fingerprint density at radius 2 is 1.97 bits per heavy atom. The van der Waals surface area contributed by atoms with E-state index in [4.69, 9.17) is 0 Å². The zero-order chi connectivity index (χ0) is 21.9. The fourth-order valence-electron chi connectivity index (χ4n) is 4.34. The smallest absolute Gasteiger partial charge is 0.245 e. The van der Waals surface area contributed by atoms with E-state index >= 15 is 0 Å². The standard InChI is InChI=1S/C23H28N8O/c1-2-21(32)29-14-10-17(11-15-29)16-24-22(23-26-27-28-31(23)20-8-9-20)18-4-6-19(7-5-18)30-13-3-12-25-30/h2-7,12-13,17,20,22,24H,1,8-11,14-16H2. The Labute approximate surface area is 187 Å². The third kappa shape index (κ3) is 4.34. The lowest BCUT2D eigenvalue weighted by molar-refractivity contribution is -0.127. The van der Waals surface area contributed by atoms with Crippen LogP contribution in [0, 0.1) is 5.92 Å². The summed E-state index contributed by atoms with van der Waals surface area (Å²) >= 11 is 0. The topological polar surface area (TPSA) is 93.8 Å². The second kappa shape index (κ2) is 9.04. The largest absolute Gasteiger partial charge is 0.339 e. The van der Waals surface area contributed by atoms with Crippen molar-refractivity contribution in [1.82, 2.24) is 40.2 Å². The Hall–Kier alpha value is -3.33. The molecule has 2 aromatic heterocycles. The van der Waals surface area contributed by atoms with Gasteiger partial charge in [0.25, 0.3) is 0 Å². The quantitative estimate of drug-likeness (QED) is 0.549. The molecule has 0 bridgehead atoms. The molecule has 3 heterocycles. The molecule has 0 spiro atoms. The Morgan fingerprint density at radius 1 is 1.19 bits per heavy atom. The second-order valence-electron chi connectivity index (χ2n) is 8.57. The van der Waals surface area contributed by atoms with Crippen LogP contribution < -0.4 is 5.32 Å². The minimum atomic E-state index is -0.0925. The summed E-state index contributed by atoms with van der Waals surface area (Å²) in [5.74, 6) is 1.38. The summed E-state index contributed by atoms with van der Waals surface area (Å²) in [7, 11) is 0. The van der Waals surface area contributed by atoms with E-state index in [1.54, 1.807) is 6.20 Å². The van der Waals surface area contributed by atoms with E-state index in [-0.39, 0.29) is 11.9 Å². The van der Waals surface area contributed by atoms with Gasteiger partial charge in [0, 0.05) is 25.5 Å². The minimum Gasteiger partial charge on any atom is -0.339 e. The number of likely N-dealkylation sites (tertiary alicyclic amines) is 1. The van der Waals surface area contributed by atoms with Crippen molar-refractivity contribution in [3.63, 3.8) is 0 Å². The van der Waals surface area contributed by atoms with E-state index in [1.165, 1.54) is 6.08 Å². The summed E-state index contributed by atoms with van der Waals surface area (Å²) in [6.45, 7) is 6.00. The number of nitrogens with zero attached hydrogens (tertiary/aromatic N) is 7. The molecule has 1 amide bonds. The van der Waals surface area contributed by atoms with E-state index in [9.17, 15) is 4.79 Å². The maximum absolute atomic E-state index is 11.9. The maximum Gasteiger partial charge on any atom is 0.245 e. The first-order chi connectivity index (χ1) is 15.7. The number of carbonyl (C=O) groups excluding carboxylic acids is 1. The van der Waals surface area contributed by atoms with Crippen molar-refractivity contribution < 1.29 is 4.79 Å². The molecule has 3 aromatic rings. The molecule has 1 aliphatic heterocycles. The second-order valence-corrected chi connectivity index (χ2v) is 8.57. The Bertz CT molecular complexity index is 1050. The van der Waals surface area contributed by atoms with Gasteiger partial charge in [-0.25, -0.2) is 9.36 Å². The van der Waals surface area contributed by atoms with Crippen molar-refractivity contribution in [2.45, 2.75) is 37.8 Å². The van der Waals surface area contributed by atoms with Gasteiger partial charge < -0.3 is 10.2 Å². The molecule has 32 heavy (non-hydrogen) atoms.